The molecule has 0 bridgehead atoms. The first-order valence-electron chi connectivity index (χ1n) is 6.87. The highest BCUT2D eigenvalue weighted by Crippen LogP contribution is 2.29. The fourth-order valence-corrected chi connectivity index (χ4v) is 5.27. The quantitative estimate of drug-likeness (QED) is 0.852. The maximum Gasteiger partial charge on any atom is 0.243 e. The normalized spacial score (nSPS) is 21.6. The molecule has 2 N–H and O–H groups in total. The summed E-state index contributed by atoms with van der Waals surface area (Å²) in [4.78, 5) is 0.374. The van der Waals surface area contributed by atoms with Crippen molar-refractivity contribution in [1.29, 1.82) is 0 Å². The minimum atomic E-state index is -3.49. The Morgan fingerprint density at radius 1 is 1.38 bits per heavy atom. The van der Waals surface area contributed by atoms with E-state index in [0.717, 1.165) is 29.3 Å². The molecule has 1 aromatic carbocycles. The van der Waals surface area contributed by atoms with Crippen LogP contribution < -0.4 is 5.73 Å². The van der Waals surface area contributed by atoms with Crippen molar-refractivity contribution in [3.05, 3.63) is 28.2 Å². The van der Waals surface area contributed by atoms with Gasteiger partial charge < -0.3 is 5.73 Å². The van der Waals surface area contributed by atoms with Gasteiger partial charge in [-0.25, -0.2) is 8.42 Å². The Morgan fingerprint density at radius 3 is 2.67 bits per heavy atom. The van der Waals surface area contributed by atoms with Crippen molar-refractivity contribution in [2.24, 2.45) is 5.73 Å². The van der Waals surface area contributed by atoms with Crippen LogP contribution >= 0.6 is 28.3 Å². The lowest BCUT2D eigenvalue weighted by atomic mass is 10.00. The second kappa shape index (κ2) is 7.42. The highest BCUT2D eigenvalue weighted by molar-refractivity contribution is 9.10. The molecule has 0 spiro atoms. The number of benzene rings is 1. The average molecular weight is 398 g/mol. The van der Waals surface area contributed by atoms with Gasteiger partial charge in [0.05, 0.1) is 4.90 Å². The fourth-order valence-electron chi connectivity index (χ4n) is 2.73. The molecule has 120 valence electrons. The van der Waals surface area contributed by atoms with Crippen LogP contribution in [-0.2, 0) is 10.0 Å². The second-order valence-electron chi connectivity index (χ2n) is 5.45. The molecule has 2 atom stereocenters. The maximum atomic E-state index is 12.9. The average Bonchev–Trinajstić information content (AvgIpc) is 2.41. The lowest BCUT2D eigenvalue weighted by Crippen LogP contribution is -2.51. The molecule has 2 rings (SSSR count). The van der Waals surface area contributed by atoms with Gasteiger partial charge in [0.1, 0.15) is 0 Å². The van der Waals surface area contributed by atoms with Crippen molar-refractivity contribution in [1.82, 2.24) is 4.31 Å². The molecule has 1 aliphatic rings. The number of rotatable bonds is 3. The first-order valence-corrected chi connectivity index (χ1v) is 9.11. The molecule has 1 heterocycles. The van der Waals surface area contributed by atoms with Crippen molar-refractivity contribution < 1.29 is 8.42 Å². The third-order valence-corrected chi connectivity index (χ3v) is 6.40. The lowest BCUT2D eigenvalue weighted by molar-refractivity contribution is 0.227. The summed E-state index contributed by atoms with van der Waals surface area (Å²) in [6.07, 6.45) is 2.77. The molecule has 0 aliphatic carbocycles. The SMILES string of the molecule is Cc1ccc(Br)cc1S(=O)(=O)N1CCCCC1C(C)N.Cl. The zero-order chi connectivity index (χ0) is 14.9. The van der Waals surface area contributed by atoms with Crippen LogP contribution in [0.4, 0.5) is 0 Å². The zero-order valence-electron chi connectivity index (χ0n) is 12.3. The Morgan fingerprint density at radius 2 is 2.05 bits per heavy atom. The number of nitrogens with two attached hydrogens (primary N) is 1. The zero-order valence-corrected chi connectivity index (χ0v) is 15.5. The van der Waals surface area contributed by atoms with Crippen LogP contribution in [0.25, 0.3) is 0 Å². The first kappa shape index (κ1) is 18.9. The Kier molecular flexibility index (Phi) is 6.68. The van der Waals surface area contributed by atoms with Gasteiger partial charge >= 0.3 is 0 Å². The molecule has 4 nitrogen and oxygen atoms in total. The van der Waals surface area contributed by atoms with E-state index in [1.807, 2.05) is 26.0 Å². The van der Waals surface area contributed by atoms with E-state index in [4.69, 9.17) is 5.73 Å². The molecular formula is C14H22BrClN2O2S. The fraction of sp³-hybridized carbons (Fsp3) is 0.571. The number of hydrogen-bond donors (Lipinski definition) is 1. The van der Waals surface area contributed by atoms with E-state index in [9.17, 15) is 8.42 Å². The van der Waals surface area contributed by atoms with Crippen molar-refractivity contribution in [3.63, 3.8) is 0 Å². The van der Waals surface area contributed by atoms with Crippen LogP contribution in [0.2, 0.25) is 0 Å². The van der Waals surface area contributed by atoms with Crippen LogP contribution in [0.15, 0.2) is 27.6 Å². The summed E-state index contributed by atoms with van der Waals surface area (Å²) < 4.78 is 28.2. The topological polar surface area (TPSA) is 63.4 Å². The van der Waals surface area contributed by atoms with E-state index in [-0.39, 0.29) is 24.5 Å². The van der Waals surface area contributed by atoms with E-state index >= 15 is 0 Å². The van der Waals surface area contributed by atoms with Crippen LogP contribution in [0.5, 0.6) is 0 Å². The van der Waals surface area contributed by atoms with Crippen LogP contribution in [0.3, 0.4) is 0 Å². The number of halogens is 2. The highest BCUT2D eigenvalue weighted by atomic mass is 79.9. The van der Waals surface area contributed by atoms with Crippen molar-refractivity contribution in [2.45, 2.75) is 50.1 Å². The van der Waals surface area contributed by atoms with Gasteiger partial charge in [-0.15, -0.1) is 12.4 Å². The summed E-state index contributed by atoms with van der Waals surface area (Å²) in [5.41, 5.74) is 6.75. The van der Waals surface area contributed by atoms with E-state index in [2.05, 4.69) is 15.9 Å². The van der Waals surface area contributed by atoms with Crippen LogP contribution in [0.1, 0.15) is 31.7 Å². The summed E-state index contributed by atoms with van der Waals surface area (Å²) in [5, 5.41) is 0. The minimum absolute atomic E-state index is 0. The summed E-state index contributed by atoms with van der Waals surface area (Å²) in [6, 6.07) is 5.09. The molecule has 0 saturated carbocycles. The molecule has 1 aliphatic heterocycles. The summed E-state index contributed by atoms with van der Waals surface area (Å²) in [6.45, 7) is 4.26. The number of nitrogens with zero attached hydrogens (tertiary/aromatic N) is 1. The van der Waals surface area contributed by atoms with Gasteiger partial charge in [0, 0.05) is 23.1 Å². The largest absolute Gasteiger partial charge is 0.326 e. The van der Waals surface area contributed by atoms with Gasteiger partial charge in [-0.05, 0) is 44.4 Å². The third kappa shape index (κ3) is 3.99. The van der Waals surface area contributed by atoms with E-state index < -0.39 is 10.0 Å². The summed E-state index contributed by atoms with van der Waals surface area (Å²) >= 11 is 3.35. The van der Waals surface area contributed by atoms with Crippen LogP contribution in [-0.4, -0.2) is 31.4 Å². The number of hydrogen-bond acceptors (Lipinski definition) is 3. The Hall–Kier alpha value is -0.140. The molecule has 1 saturated heterocycles. The minimum Gasteiger partial charge on any atom is -0.326 e. The molecule has 0 radical (unpaired) electrons. The summed E-state index contributed by atoms with van der Waals surface area (Å²) in [7, 11) is -3.49. The molecule has 2 unspecified atom stereocenters. The lowest BCUT2D eigenvalue weighted by Gasteiger charge is -2.37. The van der Waals surface area contributed by atoms with E-state index in [0.29, 0.717) is 11.4 Å². The monoisotopic (exact) mass is 396 g/mol. The highest BCUT2D eigenvalue weighted by Gasteiger charge is 2.35. The third-order valence-electron chi connectivity index (χ3n) is 3.84. The first-order chi connectivity index (χ1) is 9.34. The smallest absolute Gasteiger partial charge is 0.243 e. The molecule has 21 heavy (non-hydrogen) atoms. The predicted octanol–water partition coefficient (Wildman–Crippen LogP) is 3.07. The van der Waals surface area contributed by atoms with Gasteiger partial charge in [-0.1, -0.05) is 28.4 Å². The Balaban J connectivity index is 0.00000220. The Labute approximate surface area is 141 Å². The van der Waals surface area contributed by atoms with Crippen molar-refractivity contribution in [3.8, 4) is 0 Å². The van der Waals surface area contributed by atoms with Gasteiger partial charge in [-0.2, -0.15) is 4.31 Å². The van der Waals surface area contributed by atoms with Crippen molar-refractivity contribution in [2.75, 3.05) is 6.54 Å². The molecule has 1 fully saturated rings. The maximum absolute atomic E-state index is 12.9. The van der Waals surface area contributed by atoms with Gasteiger partial charge in [0.2, 0.25) is 10.0 Å². The molecular weight excluding hydrogens is 376 g/mol. The Bertz CT molecular complexity index is 593. The molecule has 0 aromatic heterocycles. The van der Waals surface area contributed by atoms with Crippen molar-refractivity contribution >= 4 is 38.4 Å². The van der Waals surface area contributed by atoms with Gasteiger partial charge in [0.15, 0.2) is 0 Å². The number of sulfonamides is 1. The number of piperidine rings is 1. The van der Waals surface area contributed by atoms with E-state index in [1.54, 1.807) is 10.4 Å². The number of aryl methyl sites for hydroxylation is 1. The van der Waals surface area contributed by atoms with Crippen LogP contribution in [0, 0.1) is 6.92 Å². The van der Waals surface area contributed by atoms with E-state index in [1.165, 1.54) is 0 Å². The standard InChI is InChI=1S/C14H21BrN2O2S.ClH/c1-10-6-7-12(15)9-14(10)20(18,19)17-8-4-3-5-13(17)11(2)16;/h6-7,9,11,13H,3-5,8,16H2,1-2H3;1H. The summed E-state index contributed by atoms with van der Waals surface area (Å²) in [5.74, 6) is 0. The molecule has 0 amide bonds. The van der Waals surface area contributed by atoms with Gasteiger partial charge in [0.25, 0.3) is 0 Å². The van der Waals surface area contributed by atoms with Gasteiger partial charge in [-0.3, -0.25) is 0 Å². The second-order valence-corrected chi connectivity index (χ2v) is 8.22. The molecule has 1 aromatic rings. The molecule has 7 heteroatoms. The predicted molar refractivity (Wildman–Crippen MR) is 91.3 cm³/mol.